The predicted molar refractivity (Wildman–Crippen MR) is 174 cm³/mol. The molecule has 0 amide bonds. The van der Waals surface area contributed by atoms with E-state index in [9.17, 15) is 0 Å². The molecular formula is C30H39Cl3N8O2. The molecular weight excluding hydrogens is 611 g/mol. The van der Waals surface area contributed by atoms with Crippen molar-refractivity contribution in [1.29, 1.82) is 10.5 Å². The number of hydrogen-bond acceptors (Lipinski definition) is 8. The highest BCUT2D eigenvalue weighted by Crippen LogP contribution is 2.11. The third-order valence-electron chi connectivity index (χ3n) is 5.72. The number of nitrogens with zero attached hydrogens (tertiary/aromatic N) is 6. The number of hydrogen-bond donors (Lipinski definition) is 2. The summed E-state index contributed by atoms with van der Waals surface area (Å²) in [5.74, 6) is 1.59. The maximum absolute atomic E-state index is 8.69. The Morgan fingerprint density at radius 1 is 0.605 bits per heavy atom. The van der Waals surface area contributed by atoms with Crippen molar-refractivity contribution >= 4 is 37.2 Å². The lowest BCUT2D eigenvalue weighted by Gasteiger charge is -2.07. The molecule has 232 valence electrons. The van der Waals surface area contributed by atoms with Crippen molar-refractivity contribution < 1.29 is 9.47 Å². The summed E-state index contributed by atoms with van der Waals surface area (Å²) in [6.45, 7) is 6.72. The van der Waals surface area contributed by atoms with Crippen LogP contribution in [0.4, 0.5) is 0 Å². The Kier molecular flexibility index (Phi) is 22.6. The Balaban J connectivity index is 0.000000767. The second-order valence-corrected chi connectivity index (χ2v) is 8.78. The summed E-state index contributed by atoms with van der Waals surface area (Å²) in [6, 6.07) is 18.5. The van der Waals surface area contributed by atoms with Crippen LogP contribution in [0.3, 0.4) is 0 Å². The van der Waals surface area contributed by atoms with Crippen LogP contribution in [0, 0.1) is 22.7 Å². The Bertz CT molecular complexity index is 1170. The van der Waals surface area contributed by atoms with E-state index in [1.165, 1.54) is 0 Å². The lowest BCUT2D eigenvalue weighted by Crippen LogP contribution is -2.22. The molecule has 0 saturated heterocycles. The van der Waals surface area contributed by atoms with Gasteiger partial charge in [0, 0.05) is 51.0 Å². The summed E-state index contributed by atoms with van der Waals surface area (Å²) >= 11 is 0. The Labute approximate surface area is 272 Å². The van der Waals surface area contributed by atoms with Gasteiger partial charge in [0.15, 0.2) is 0 Å². The highest BCUT2D eigenvalue weighted by atomic mass is 35.5. The second-order valence-electron chi connectivity index (χ2n) is 8.78. The molecule has 0 unspecified atom stereocenters. The SMILES string of the molecule is Cl.Cl.Cl.N#Cc1ccc(OCCNCCCn2ccnc2)cc1.N#Cc1ccc(OCCNCCCn2ccnc2)cc1. The number of halogens is 3. The molecule has 2 aromatic carbocycles. The molecule has 4 rings (SSSR count). The molecule has 2 N–H and O–H groups in total. The highest BCUT2D eigenvalue weighted by Gasteiger charge is 1.97. The van der Waals surface area contributed by atoms with Gasteiger partial charge in [-0.1, -0.05) is 0 Å². The van der Waals surface area contributed by atoms with Crippen LogP contribution in [-0.4, -0.2) is 58.5 Å². The van der Waals surface area contributed by atoms with Crippen LogP contribution in [0.1, 0.15) is 24.0 Å². The first kappa shape index (κ1) is 39.2. The molecule has 0 aliphatic rings. The van der Waals surface area contributed by atoms with Gasteiger partial charge in [0.05, 0.1) is 35.9 Å². The van der Waals surface area contributed by atoms with Crippen LogP contribution in [0.15, 0.2) is 86.0 Å². The number of nitriles is 2. The van der Waals surface area contributed by atoms with Crippen LogP contribution in [0.25, 0.3) is 0 Å². The number of aromatic nitrogens is 4. The topological polar surface area (TPSA) is 126 Å². The van der Waals surface area contributed by atoms with Crippen molar-refractivity contribution in [2.45, 2.75) is 25.9 Å². The van der Waals surface area contributed by atoms with E-state index in [0.717, 1.165) is 63.6 Å². The van der Waals surface area contributed by atoms with Gasteiger partial charge in [0.25, 0.3) is 0 Å². The van der Waals surface area contributed by atoms with Crippen molar-refractivity contribution in [2.24, 2.45) is 0 Å². The zero-order valence-corrected chi connectivity index (χ0v) is 26.3. The molecule has 10 nitrogen and oxygen atoms in total. The number of aryl methyl sites for hydroxylation is 2. The summed E-state index contributed by atoms with van der Waals surface area (Å²) < 4.78 is 15.3. The van der Waals surface area contributed by atoms with Crippen molar-refractivity contribution in [3.05, 3.63) is 97.1 Å². The van der Waals surface area contributed by atoms with Crippen molar-refractivity contribution in [3.8, 4) is 23.6 Å². The zero-order chi connectivity index (χ0) is 28.1. The van der Waals surface area contributed by atoms with E-state index in [1.54, 1.807) is 36.7 Å². The number of rotatable bonds is 16. The van der Waals surface area contributed by atoms with E-state index in [-0.39, 0.29) is 37.2 Å². The molecule has 43 heavy (non-hydrogen) atoms. The van der Waals surface area contributed by atoms with Crippen LogP contribution in [0.2, 0.25) is 0 Å². The Morgan fingerprint density at radius 2 is 1.00 bits per heavy atom. The fourth-order valence-electron chi connectivity index (χ4n) is 3.59. The van der Waals surface area contributed by atoms with Gasteiger partial charge in [0.2, 0.25) is 0 Å². The fourth-order valence-corrected chi connectivity index (χ4v) is 3.59. The molecule has 4 aromatic rings. The molecule has 0 saturated carbocycles. The van der Waals surface area contributed by atoms with Crippen LogP contribution < -0.4 is 20.1 Å². The number of ether oxygens (including phenoxy) is 2. The van der Waals surface area contributed by atoms with Gasteiger partial charge in [-0.2, -0.15) is 10.5 Å². The first-order valence-electron chi connectivity index (χ1n) is 13.4. The van der Waals surface area contributed by atoms with Gasteiger partial charge >= 0.3 is 0 Å². The quantitative estimate of drug-likeness (QED) is 0.164. The summed E-state index contributed by atoms with van der Waals surface area (Å²) in [6.07, 6.45) is 13.3. The van der Waals surface area contributed by atoms with Gasteiger partial charge < -0.3 is 29.2 Å². The molecule has 0 fully saturated rings. The largest absolute Gasteiger partial charge is 0.492 e. The van der Waals surface area contributed by atoms with Crippen LogP contribution in [-0.2, 0) is 13.1 Å². The lowest BCUT2D eigenvalue weighted by molar-refractivity contribution is 0.313. The minimum atomic E-state index is 0. The van der Waals surface area contributed by atoms with Crippen molar-refractivity contribution in [3.63, 3.8) is 0 Å². The van der Waals surface area contributed by atoms with Gasteiger partial charge in [0.1, 0.15) is 24.7 Å². The molecule has 13 heteroatoms. The summed E-state index contributed by atoms with van der Waals surface area (Å²) in [5.41, 5.74) is 1.30. The van der Waals surface area contributed by atoms with E-state index in [0.29, 0.717) is 24.3 Å². The van der Waals surface area contributed by atoms with E-state index >= 15 is 0 Å². The molecule has 0 bridgehead atoms. The van der Waals surface area contributed by atoms with E-state index in [1.807, 2.05) is 49.3 Å². The maximum atomic E-state index is 8.69. The maximum Gasteiger partial charge on any atom is 0.119 e. The lowest BCUT2D eigenvalue weighted by atomic mass is 10.2. The zero-order valence-electron chi connectivity index (χ0n) is 23.9. The molecule has 0 atom stereocenters. The van der Waals surface area contributed by atoms with Crippen LogP contribution >= 0.6 is 37.2 Å². The van der Waals surface area contributed by atoms with Gasteiger partial charge in [-0.25, -0.2) is 9.97 Å². The third-order valence-corrected chi connectivity index (χ3v) is 5.72. The van der Waals surface area contributed by atoms with E-state index < -0.39 is 0 Å². The van der Waals surface area contributed by atoms with Crippen LogP contribution in [0.5, 0.6) is 11.5 Å². The average molecular weight is 650 g/mol. The fraction of sp³-hybridized carbons (Fsp3) is 0.333. The second kappa shape index (κ2) is 24.8. The van der Waals surface area contributed by atoms with Gasteiger partial charge in [-0.3, -0.25) is 0 Å². The molecule has 0 spiro atoms. The summed E-state index contributed by atoms with van der Waals surface area (Å²) in [7, 11) is 0. The molecule has 2 heterocycles. The first-order valence-corrected chi connectivity index (χ1v) is 13.4. The normalized spacial score (nSPS) is 9.44. The van der Waals surface area contributed by atoms with E-state index in [4.69, 9.17) is 20.0 Å². The van der Waals surface area contributed by atoms with Gasteiger partial charge in [-0.05, 0) is 74.5 Å². The predicted octanol–water partition coefficient (Wildman–Crippen LogP) is 4.89. The average Bonchev–Trinajstić information content (AvgIpc) is 3.72. The number of imidazole rings is 2. The Morgan fingerprint density at radius 3 is 1.33 bits per heavy atom. The third kappa shape index (κ3) is 17.1. The number of benzene rings is 2. The van der Waals surface area contributed by atoms with Crippen molar-refractivity contribution in [1.82, 2.24) is 29.7 Å². The minimum Gasteiger partial charge on any atom is -0.492 e. The van der Waals surface area contributed by atoms with Crippen molar-refractivity contribution in [2.75, 3.05) is 39.4 Å². The monoisotopic (exact) mass is 648 g/mol. The molecule has 0 radical (unpaired) electrons. The summed E-state index contributed by atoms with van der Waals surface area (Å²) in [5, 5.41) is 24.0. The number of nitrogens with one attached hydrogen (secondary N) is 2. The molecule has 0 aliphatic carbocycles. The Hall–Kier alpha value is -3.77. The standard InChI is InChI=1S/2C15H18N4O.3ClH/c2*16-12-14-2-4-15(5-3-14)20-11-8-17-6-1-9-19-10-7-18-13-19;;;/h2*2-5,7,10,13,17H,1,6,8-9,11H2;3*1H. The highest BCUT2D eigenvalue weighted by molar-refractivity contribution is 5.86. The van der Waals surface area contributed by atoms with Gasteiger partial charge in [-0.15, -0.1) is 37.2 Å². The summed E-state index contributed by atoms with van der Waals surface area (Å²) in [4.78, 5) is 8.00. The van der Waals surface area contributed by atoms with E-state index in [2.05, 4.69) is 41.9 Å². The first-order chi connectivity index (χ1) is 19.8. The molecule has 2 aromatic heterocycles. The molecule has 0 aliphatic heterocycles. The smallest absolute Gasteiger partial charge is 0.119 e. The minimum absolute atomic E-state index is 0.